The van der Waals surface area contributed by atoms with Crippen molar-refractivity contribution < 1.29 is 9.15 Å². The Morgan fingerprint density at radius 2 is 2.04 bits per heavy atom. The molecule has 0 amide bonds. The summed E-state index contributed by atoms with van der Waals surface area (Å²) in [6, 6.07) is 0. The Hall–Kier alpha value is -0.830. The number of hydrogen-bond donors (Lipinski definition) is 2. The first-order valence-corrected chi connectivity index (χ1v) is 8.42. The fourth-order valence-corrected chi connectivity index (χ4v) is 1.82. The molecule has 7 heteroatoms. The Labute approximate surface area is 163 Å². The number of nitrogens with one attached hydrogen (secondary N) is 2. The Morgan fingerprint density at radius 1 is 1.33 bits per heavy atom. The predicted octanol–water partition coefficient (Wildman–Crippen LogP) is 3.46. The van der Waals surface area contributed by atoms with Crippen molar-refractivity contribution in [3.63, 3.8) is 0 Å². The van der Waals surface area contributed by atoms with Crippen LogP contribution in [0.4, 0.5) is 0 Å². The second kappa shape index (κ2) is 11.7. The van der Waals surface area contributed by atoms with Crippen LogP contribution in [-0.2, 0) is 16.7 Å². The lowest BCUT2D eigenvalue weighted by molar-refractivity contribution is 0.0776. The van der Waals surface area contributed by atoms with Gasteiger partial charge in [-0.3, -0.25) is 0 Å². The van der Waals surface area contributed by atoms with Crippen LogP contribution in [0.5, 0.6) is 0 Å². The van der Waals surface area contributed by atoms with Gasteiger partial charge in [-0.25, -0.2) is 9.98 Å². The molecule has 0 radical (unpaired) electrons. The summed E-state index contributed by atoms with van der Waals surface area (Å²) in [5, 5.41) is 6.51. The number of oxazole rings is 1. The SMILES string of the molecule is CCNC(=NCc1ncc(C(C)(C)C)o1)NCCCOC(C)C.I. The van der Waals surface area contributed by atoms with Gasteiger partial charge >= 0.3 is 0 Å². The summed E-state index contributed by atoms with van der Waals surface area (Å²) in [5.41, 5.74) is -0.0336. The molecular weight excluding hydrogens is 419 g/mol. The third-order valence-electron chi connectivity index (χ3n) is 3.07. The minimum Gasteiger partial charge on any atom is -0.443 e. The molecule has 1 heterocycles. The van der Waals surface area contributed by atoms with E-state index in [4.69, 9.17) is 9.15 Å². The van der Waals surface area contributed by atoms with Crippen molar-refractivity contribution in [2.75, 3.05) is 19.7 Å². The number of rotatable bonds is 8. The highest BCUT2D eigenvalue weighted by atomic mass is 127. The number of aliphatic imine (C=N–C) groups is 1. The number of ether oxygens (including phenoxy) is 1. The van der Waals surface area contributed by atoms with E-state index in [1.807, 2.05) is 20.8 Å². The van der Waals surface area contributed by atoms with Gasteiger partial charge in [0.1, 0.15) is 12.3 Å². The maximum atomic E-state index is 5.75. The lowest BCUT2D eigenvalue weighted by atomic mass is 9.94. The van der Waals surface area contributed by atoms with Crippen LogP contribution in [-0.4, -0.2) is 36.7 Å². The largest absolute Gasteiger partial charge is 0.443 e. The van der Waals surface area contributed by atoms with Gasteiger partial charge in [-0.2, -0.15) is 0 Å². The van der Waals surface area contributed by atoms with E-state index in [1.54, 1.807) is 6.20 Å². The maximum absolute atomic E-state index is 5.75. The molecule has 0 atom stereocenters. The maximum Gasteiger partial charge on any atom is 0.216 e. The van der Waals surface area contributed by atoms with Crippen molar-refractivity contribution in [1.29, 1.82) is 0 Å². The topological polar surface area (TPSA) is 71.7 Å². The van der Waals surface area contributed by atoms with Crippen LogP contribution in [0.25, 0.3) is 0 Å². The van der Waals surface area contributed by atoms with Gasteiger partial charge in [0.25, 0.3) is 0 Å². The van der Waals surface area contributed by atoms with Crippen molar-refractivity contribution in [2.24, 2.45) is 4.99 Å². The molecule has 0 aliphatic heterocycles. The van der Waals surface area contributed by atoms with Crippen LogP contribution in [0.15, 0.2) is 15.6 Å². The van der Waals surface area contributed by atoms with Gasteiger partial charge in [-0.15, -0.1) is 24.0 Å². The molecule has 2 N–H and O–H groups in total. The average molecular weight is 452 g/mol. The zero-order chi connectivity index (χ0) is 17.3. The van der Waals surface area contributed by atoms with Crippen molar-refractivity contribution in [3.05, 3.63) is 17.8 Å². The summed E-state index contributed by atoms with van der Waals surface area (Å²) in [4.78, 5) is 8.80. The summed E-state index contributed by atoms with van der Waals surface area (Å²) in [6.07, 6.45) is 3.00. The van der Waals surface area contributed by atoms with E-state index in [2.05, 4.69) is 41.4 Å². The molecule has 140 valence electrons. The van der Waals surface area contributed by atoms with Gasteiger partial charge in [0, 0.05) is 25.1 Å². The van der Waals surface area contributed by atoms with Crippen LogP contribution >= 0.6 is 24.0 Å². The number of aromatic nitrogens is 1. The third-order valence-corrected chi connectivity index (χ3v) is 3.07. The smallest absolute Gasteiger partial charge is 0.216 e. The highest BCUT2D eigenvalue weighted by Crippen LogP contribution is 2.22. The second-order valence-corrected chi connectivity index (χ2v) is 6.76. The molecule has 0 fully saturated rings. The molecule has 0 aromatic carbocycles. The van der Waals surface area contributed by atoms with Crippen molar-refractivity contribution >= 4 is 29.9 Å². The van der Waals surface area contributed by atoms with Crippen LogP contribution in [0.3, 0.4) is 0 Å². The van der Waals surface area contributed by atoms with E-state index in [9.17, 15) is 0 Å². The fourth-order valence-electron chi connectivity index (χ4n) is 1.82. The predicted molar refractivity (Wildman–Crippen MR) is 109 cm³/mol. The summed E-state index contributed by atoms with van der Waals surface area (Å²) >= 11 is 0. The van der Waals surface area contributed by atoms with Crippen LogP contribution in [0.1, 0.15) is 59.6 Å². The summed E-state index contributed by atoms with van der Waals surface area (Å²) in [7, 11) is 0. The van der Waals surface area contributed by atoms with E-state index in [0.29, 0.717) is 12.4 Å². The quantitative estimate of drug-likeness (QED) is 0.274. The zero-order valence-corrected chi connectivity index (χ0v) is 18.1. The molecule has 6 nitrogen and oxygen atoms in total. The van der Waals surface area contributed by atoms with E-state index in [1.165, 1.54) is 0 Å². The van der Waals surface area contributed by atoms with Crippen molar-refractivity contribution in [3.8, 4) is 0 Å². The Morgan fingerprint density at radius 3 is 2.58 bits per heavy atom. The number of nitrogens with zero attached hydrogens (tertiary/aromatic N) is 2. The van der Waals surface area contributed by atoms with Gasteiger partial charge in [0.05, 0.1) is 12.3 Å². The van der Waals surface area contributed by atoms with Gasteiger partial charge in [-0.1, -0.05) is 20.8 Å². The third kappa shape index (κ3) is 9.46. The molecular formula is C17H33IN4O2. The minimum atomic E-state index is -0.0336. The first kappa shape index (κ1) is 23.2. The van der Waals surface area contributed by atoms with Crippen LogP contribution < -0.4 is 10.6 Å². The first-order chi connectivity index (χ1) is 10.8. The Bertz CT molecular complexity index is 481. The molecule has 0 saturated heterocycles. The van der Waals surface area contributed by atoms with Gasteiger partial charge in [0.2, 0.25) is 5.89 Å². The lowest BCUT2D eigenvalue weighted by Crippen LogP contribution is -2.38. The van der Waals surface area contributed by atoms with Gasteiger partial charge in [-0.05, 0) is 27.2 Å². The molecule has 1 rings (SSSR count). The van der Waals surface area contributed by atoms with E-state index in [0.717, 1.165) is 37.8 Å². The Balaban J connectivity index is 0.00000529. The molecule has 0 aliphatic carbocycles. The standard InChI is InChI=1S/C17H32N4O2.HI/c1-7-18-16(19-9-8-10-22-13(2)3)21-12-15-20-11-14(23-15)17(4,5)6;/h11,13H,7-10,12H2,1-6H3,(H2,18,19,21);1H. The number of halogens is 1. The average Bonchev–Trinajstić information content (AvgIpc) is 2.93. The summed E-state index contributed by atoms with van der Waals surface area (Å²) in [6.45, 7) is 15.2. The second-order valence-electron chi connectivity index (χ2n) is 6.76. The zero-order valence-electron chi connectivity index (χ0n) is 15.8. The monoisotopic (exact) mass is 452 g/mol. The molecule has 0 bridgehead atoms. The van der Waals surface area contributed by atoms with Gasteiger partial charge in [0.15, 0.2) is 5.96 Å². The van der Waals surface area contributed by atoms with E-state index < -0.39 is 0 Å². The molecule has 0 unspecified atom stereocenters. The summed E-state index contributed by atoms with van der Waals surface area (Å²) in [5.74, 6) is 2.29. The van der Waals surface area contributed by atoms with Crippen LogP contribution in [0, 0.1) is 0 Å². The van der Waals surface area contributed by atoms with E-state index >= 15 is 0 Å². The molecule has 1 aromatic rings. The molecule has 1 aromatic heterocycles. The normalized spacial score (nSPS) is 12.2. The Kier molecular flexibility index (Phi) is 11.3. The fraction of sp³-hybridized carbons (Fsp3) is 0.765. The number of guanidine groups is 1. The van der Waals surface area contributed by atoms with Crippen molar-refractivity contribution in [2.45, 2.75) is 66.0 Å². The molecule has 24 heavy (non-hydrogen) atoms. The lowest BCUT2D eigenvalue weighted by Gasteiger charge is -2.13. The first-order valence-electron chi connectivity index (χ1n) is 8.42. The molecule has 0 spiro atoms. The van der Waals surface area contributed by atoms with E-state index in [-0.39, 0.29) is 35.5 Å². The van der Waals surface area contributed by atoms with Crippen LogP contribution in [0.2, 0.25) is 0 Å². The van der Waals surface area contributed by atoms with Gasteiger partial charge < -0.3 is 19.8 Å². The molecule has 0 aliphatic rings. The number of hydrogen-bond acceptors (Lipinski definition) is 4. The van der Waals surface area contributed by atoms with Crippen molar-refractivity contribution in [1.82, 2.24) is 15.6 Å². The molecule has 0 saturated carbocycles. The highest BCUT2D eigenvalue weighted by molar-refractivity contribution is 14.0. The summed E-state index contributed by atoms with van der Waals surface area (Å²) < 4.78 is 11.3. The highest BCUT2D eigenvalue weighted by Gasteiger charge is 2.18. The minimum absolute atomic E-state index is 0.